The van der Waals surface area contributed by atoms with Gasteiger partial charge < -0.3 is 10.2 Å². The highest BCUT2D eigenvalue weighted by molar-refractivity contribution is 9.10. The third-order valence-electron chi connectivity index (χ3n) is 3.27. The van der Waals surface area contributed by atoms with Crippen molar-refractivity contribution in [1.29, 1.82) is 0 Å². The maximum atomic E-state index is 6.01. The first-order valence-corrected chi connectivity index (χ1v) is 8.61. The summed E-state index contributed by atoms with van der Waals surface area (Å²) in [6, 6.07) is 2.10. The predicted octanol–water partition coefficient (Wildman–Crippen LogP) is 4.13. The summed E-state index contributed by atoms with van der Waals surface area (Å²) in [7, 11) is 0. The lowest BCUT2D eigenvalue weighted by atomic mass is 10.1. The summed E-state index contributed by atoms with van der Waals surface area (Å²) >= 11 is 11.1. The van der Waals surface area contributed by atoms with Gasteiger partial charge in [0, 0.05) is 15.9 Å². The zero-order chi connectivity index (χ0) is 12.8. The largest absolute Gasteiger partial charge is 0.312 e. The van der Waals surface area contributed by atoms with E-state index in [9.17, 15) is 0 Å². The number of hydrogen-bond acceptors (Lipinski definition) is 3. The highest BCUT2D eigenvalue weighted by Gasteiger charge is 2.09. The van der Waals surface area contributed by atoms with Crippen molar-refractivity contribution in [3.8, 4) is 0 Å². The SMILES string of the molecule is Clc1sc(CNCCCN2CCCCC2)cc1Br. The molecule has 2 rings (SSSR count). The van der Waals surface area contributed by atoms with Crippen molar-refractivity contribution in [3.63, 3.8) is 0 Å². The van der Waals surface area contributed by atoms with Gasteiger partial charge in [-0.25, -0.2) is 0 Å². The van der Waals surface area contributed by atoms with Gasteiger partial charge in [0.1, 0.15) is 4.34 Å². The third-order valence-corrected chi connectivity index (χ3v) is 5.75. The van der Waals surface area contributed by atoms with Gasteiger partial charge >= 0.3 is 0 Å². The molecule has 0 atom stereocenters. The third kappa shape index (κ3) is 4.82. The van der Waals surface area contributed by atoms with Gasteiger partial charge in [0.2, 0.25) is 0 Å². The molecule has 2 nitrogen and oxygen atoms in total. The van der Waals surface area contributed by atoms with E-state index in [1.54, 1.807) is 11.3 Å². The Labute approximate surface area is 127 Å². The highest BCUT2D eigenvalue weighted by atomic mass is 79.9. The van der Waals surface area contributed by atoms with Crippen LogP contribution in [-0.4, -0.2) is 31.1 Å². The van der Waals surface area contributed by atoms with E-state index in [4.69, 9.17) is 11.6 Å². The molecule has 1 N–H and O–H groups in total. The van der Waals surface area contributed by atoms with E-state index in [-0.39, 0.29) is 0 Å². The molecular weight excluding hydrogens is 332 g/mol. The fraction of sp³-hybridized carbons (Fsp3) is 0.692. The molecule has 1 fully saturated rings. The molecule has 1 aliphatic heterocycles. The van der Waals surface area contributed by atoms with E-state index >= 15 is 0 Å². The molecule has 0 aliphatic carbocycles. The van der Waals surface area contributed by atoms with Crippen LogP contribution >= 0.6 is 38.9 Å². The Morgan fingerprint density at radius 3 is 2.78 bits per heavy atom. The molecule has 102 valence electrons. The fourth-order valence-corrected chi connectivity index (χ4v) is 4.06. The van der Waals surface area contributed by atoms with Crippen molar-refractivity contribution in [2.75, 3.05) is 26.2 Å². The van der Waals surface area contributed by atoms with Crippen LogP contribution < -0.4 is 5.32 Å². The zero-order valence-electron chi connectivity index (χ0n) is 10.6. The number of nitrogens with one attached hydrogen (secondary N) is 1. The number of thiophene rings is 1. The Morgan fingerprint density at radius 2 is 2.11 bits per heavy atom. The first-order chi connectivity index (χ1) is 8.75. The lowest BCUT2D eigenvalue weighted by Gasteiger charge is -2.26. The minimum absolute atomic E-state index is 0.847. The molecule has 0 bridgehead atoms. The number of hydrogen-bond donors (Lipinski definition) is 1. The van der Waals surface area contributed by atoms with Gasteiger partial charge in [-0.3, -0.25) is 0 Å². The molecule has 0 aromatic carbocycles. The Bertz CT molecular complexity index is 344. The molecule has 1 aromatic heterocycles. The summed E-state index contributed by atoms with van der Waals surface area (Å²) in [6.07, 6.45) is 5.42. The average molecular weight is 352 g/mol. The second-order valence-corrected chi connectivity index (χ2v) is 7.36. The Hall–Kier alpha value is 0.390. The molecule has 5 heteroatoms. The molecule has 1 saturated heterocycles. The average Bonchev–Trinajstić information content (AvgIpc) is 2.70. The summed E-state index contributed by atoms with van der Waals surface area (Å²) in [4.78, 5) is 3.88. The topological polar surface area (TPSA) is 15.3 Å². The Balaban J connectivity index is 1.55. The predicted molar refractivity (Wildman–Crippen MR) is 83.6 cm³/mol. The van der Waals surface area contributed by atoms with Gasteiger partial charge in [-0.2, -0.15) is 0 Å². The van der Waals surface area contributed by atoms with Crippen LogP contribution in [-0.2, 0) is 6.54 Å². The molecule has 1 aliphatic rings. The molecule has 2 heterocycles. The smallest absolute Gasteiger partial charge is 0.107 e. The van der Waals surface area contributed by atoms with Crippen LogP contribution in [0, 0.1) is 0 Å². The number of nitrogens with zero attached hydrogens (tertiary/aromatic N) is 1. The molecule has 0 saturated carbocycles. The normalized spacial score (nSPS) is 17.2. The highest BCUT2D eigenvalue weighted by Crippen LogP contribution is 2.31. The van der Waals surface area contributed by atoms with Crippen molar-refractivity contribution in [1.82, 2.24) is 10.2 Å². The van der Waals surface area contributed by atoms with E-state index in [1.807, 2.05) is 0 Å². The van der Waals surface area contributed by atoms with Crippen LogP contribution in [0.3, 0.4) is 0 Å². The molecule has 0 unspecified atom stereocenters. The van der Waals surface area contributed by atoms with Gasteiger partial charge in [0.05, 0.1) is 0 Å². The van der Waals surface area contributed by atoms with Gasteiger partial charge in [-0.05, 0) is 67.4 Å². The van der Waals surface area contributed by atoms with E-state index in [1.165, 1.54) is 50.2 Å². The number of rotatable bonds is 6. The monoisotopic (exact) mass is 350 g/mol. The van der Waals surface area contributed by atoms with Crippen molar-refractivity contribution >= 4 is 38.9 Å². The second kappa shape index (κ2) is 7.85. The van der Waals surface area contributed by atoms with Crippen molar-refractivity contribution in [3.05, 3.63) is 19.8 Å². The summed E-state index contributed by atoms with van der Waals surface area (Å²) in [5, 5.41) is 3.49. The summed E-state index contributed by atoms with van der Waals surface area (Å²) in [5.74, 6) is 0. The molecule has 18 heavy (non-hydrogen) atoms. The summed E-state index contributed by atoms with van der Waals surface area (Å²) < 4.78 is 1.86. The molecular formula is C13H20BrClN2S. The van der Waals surface area contributed by atoms with Gasteiger partial charge in [-0.1, -0.05) is 18.0 Å². The van der Waals surface area contributed by atoms with Crippen LogP contribution in [0.4, 0.5) is 0 Å². The summed E-state index contributed by atoms with van der Waals surface area (Å²) in [5.41, 5.74) is 0. The number of piperidine rings is 1. The van der Waals surface area contributed by atoms with Gasteiger partial charge in [0.25, 0.3) is 0 Å². The fourth-order valence-electron chi connectivity index (χ4n) is 2.30. The minimum atomic E-state index is 0.847. The maximum absolute atomic E-state index is 6.01. The molecule has 0 spiro atoms. The Kier molecular flexibility index (Phi) is 6.45. The van der Waals surface area contributed by atoms with E-state index in [2.05, 4.69) is 32.2 Å². The lowest BCUT2D eigenvalue weighted by Crippen LogP contribution is -2.32. The zero-order valence-corrected chi connectivity index (χ0v) is 13.7. The van der Waals surface area contributed by atoms with Crippen LogP contribution in [0.1, 0.15) is 30.6 Å². The minimum Gasteiger partial charge on any atom is -0.312 e. The first kappa shape index (κ1) is 14.8. The molecule has 0 amide bonds. The van der Waals surface area contributed by atoms with Crippen molar-refractivity contribution in [2.24, 2.45) is 0 Å². The molecule has 0 radical (unpaired) electrons. The van der Waals surface area contributed by atoms with Crippen molar-refractivity contribution in [2.45, 2.75) is 32.2 Å². The van der Waals surface area contributed by atoms with Crippen LogP contribution in [0.25, 0.3) is 0 Å². The van der Waals surface area contributed by atoms with Crippen LogP contribution in [0.5, 0.6) is 0 Å². The van der Waals surface area contributed by atoms with E-state index in [0.29, 0.717) is 0 Å². The van der Waals surface area contributed by atoms with Gasteiger partial charge in [-0.15, -0.1) is 11.3 Å². The van der Waals surface area contributed by atoms with Gasteiger partial charge in [0.15, 0.2) is 0 Å². The van der Waals surface area contributed by atoms with E-state index in [0.717, 1.165) is 21.9 Å². The van der Waals surface area contributed by atoms with Crippen molar-refractivity contribution < 1.29 is 0 Å². The van der Waals surface area contributed by atoms with E-state index < -0.39 is 0 Å². The molecule has 1 aromatic rings. The summed E-state index contributed by atoms with van der Waals surface area (Å²) in [6.45, 7) is 5.85. The Morgan fingerprint density at radius 1 is 1.33 bits per heavy atom. The van der Waals surface area contributed by atoms with Crippen LogP contribution in [0.15, 0.2) is 10.5 Å². The first-order valence-electron chi connectivity index (χ1n) is 6.62. The quantitative estimate of drug-likeness (QED) is 0.775. The van der Waals surface area contributed by atoms with Crippen LogP contribution in [0.2, 0.25) is 4.34 Å². The maximum Gasteiger partial charge on any atom is 0.107 e. The number of halogens is 2. The number of likely N-dealkylation sites (tertiary alicyclic amines) is 1. The second-order valence-electron chi connectivity index (χ2n) is 4.77. The standard InChI is InChI=1S/C13H20BrClN2S/c14-12-9-11(18-13(12)15)10-16-5-4-8-17-6-2-1-3-7-17/h9,16H,1-8,10H2. The lowest BCUT2D eigenvalue weighted by molar-refractivity contribution is 0.226.